The van der Waals surface area contributed by atoms with Gasteiger partial charge in [-0.25, -0.2) is 0 Å². The van der Waals surface area contributed by atoms with Gasteiger partial charge in [0, 0.05) is 16.9 Å². The molecule has 0 saturated carbocycles. The summed E-state index contributed by atoms with van der Waals surface area (Å²) in [6.07, 6.45) is 0. The zero-order valence-electron chi connectivity index (χ0n) is 18.5. The smallest absolute Gasteiger partial charge is 0.264 e. The molecule has 4 rings (SSSR count). The molecular weight excluding hydrogens is 404 g/mol. The fraction of sp³-hybridized carbons (Fsp3) is 0.200. The molecule has 0 aliphatic carbocycles. The fourth-order valence-electron chi connectivity index (χ4n) is 3.70. The monoisotopic (exact) mass is 428 g/mol. The molecule has 162 valence electrons. The summed E-state index contributed by atoms with van der Waals surface area (Å²) in [5.74, 6) is 0.251. The van der Waals surface area contributed by atoms with Crippen LogP contribution in [0.1, 0.15) is 22.4 Å². The average Bonchev–Trinajstić information content (AvgIpc) is 3.23. The van der Waals surface area contributed by atoms with Gasteiger partial charge in [0.15, 0.2) is 0 Å². The van der Waals surface area contributed by atoms with Gasteiger partial charge in [0.1, 0.15) is 12.1 Å². The van der Waals surface area contributed by atoms with Crippen LogP contribution in [0.4, 0.5) is 5.69 Å². The van der Waals surface area contributed by atoms with Crippen LogP contribution in [0.15, 0.2) is 63.9 Å². The van der Waals surface area contributed by atoms with Crippen LogP contribution in [0.25, 0.3) is 22.8 Å². The first kappa shape index (κ1) is 21.2. The molecule has 0 bridgehead atoms. The molecule has 1 N–H and O–H groups in total. The van der Waals surface area contributed by atoms with Crippen molar-refractivity contribution in [1.29, 1.82) is 0 Å². The van der Waals surface area contributed by atoms with Crippen molar-refractivity contribution in [2.75, 3.05) is 5.32 Å². The minimum atomic E-state index is -0.346. The van der Waals surface area contributed by atoms with Crippen molar-refractivity contribution in [3.05, 3.63) is 87.3 Å². The van der Waals surface area contributed by atoms with Gasteiger partial charge in [-0.1, -0.05) is 53.2 Å². The number of carbonyl (C=O) groups excluding carboxylic acids is 1. The summed E-state index contributed by atoms with van der Waals surface area (Å²) in [6, 6.07) is 17.0. The molecule has 1 amide bonds. The van der Waals surface area contributed by atoms with Crippen molar-refractivity contribution in [2.45, 2.75) is 34.2 Å². The molecular formula is C25H24N4O3. The number of anilines is 1. The van der Waals surface area contributed by atoms with Crippen LogP contribution in [-0.2, 0) is 11.3 Å². The molecule has 4 aromatic rings. The lowest BCUT2D eigenvalue weighted by molar-refractivity contribution is -0.116. The van der Waals surface area contributed by atoms with Crippen molar-refractivity contribution in [2.24, 2.45) is 0 Å². The topological polar surface area (TPSA) is 90.0 Å². The van der Waals surface area contributed by atoms with E-state index in [4.69, 9.17) is 4.52 Å². The van der Waals surface area contributed by atoms with Crippen LogP contribution < -0.4 is 10.9 Å². The molecule has 2 aromatic heterocycles. The Balaban J connectivity index is 1.65. The molecule has 32 heavy (non-hydrogen) atoms. The van der Waals surface area contributed by atoms with E-state index in [1.54, 1.807) is 6.92 Å². The first-order valence-electron chi connectivity index (χ1n) is 10.3. The Bertz CT molecular complexity index is 1350. The summed E-state index contributed by atoms with van der Waals surface area (Å²) < 4.78 is 6.84. The second kappa shape index (κ2) is 8.63. The molecule has 7 heteroatoms. The van der Waals surface area contributed by atoms with E-state index in [0.29, 0.717) is 22.6 Å². The third-order valence-electron chi connectivity index (χ3n) is 5.33. The fourth-order valence-corrected chi connectivity index (χ4v) is 3.70. The van der Waals surface area contributed by atoms with E-state index in [-0.39, 0.29) is 23.9 Å². The molecule has 7 nitrogen and oxygen atoms in total. The van der Waals surface area contributed by atoms with E-state index in [2.05, 4.69) is 15.5 Å². The first-order valence-corrected chi connectivity index (χ1v) is 10.3. The molecule has 2 heterocycles. The van der Waals surface area contributed by atoms with Crippen LogP contribution in [0.2, 0.25) is 0 Å². The maximum absolute atomic E-state index is 13.3. The van der Waals surface area contributed by atoms with E-state index in [1.165, 1.54) is 4.57 Å². The maximum atomic E-state index is 13.3. The summed E-state index contributed by atoms with van der Waals surface area (Å²) in [6.45, 7) is 7.42. The van der Waals surface area contributed by atoms with Gasteiger partial charge in [-0.2, -0.15) is 4.98 Å². The number of nitrogens with one attached hydrogen (secondary N) is 1. The largest absolute Gasteiger partial charge is 0.333 e. The molecule has 0 unspecified atom stereocenters. The van der Waals surface area contributed by atoms with Gasteiger partial charge in [-0.3, -0.25) is 9.59 Å². The third-order valence-corrected chi connectivity index (χ3v) is 5.33. The number of rotatable bonds is 5. The second-order valence-corrected chi connectivity index (χ2v) is 7.89. The highest BCUT2D eigenvalue weighted by Crippen LogP contribution is 2.23. The highest BCUT2D eigenvalue weighted by Gasteiger charge is 2.20. The Morgan fingerprint density at radius 2 is 1.75 bits per heavy atom. The molecule has 0 saturated heterocycles. The summed E-state index contributed by atoms with van der Waals surface area (Å²) in [5, 5.41) is 6.91. The Hall–Kier alpha value is -4.00. The third kappa shape index (κ3) is 4.23. The molecule has 0 radical (unpaired) electrons. The van der Waals surface area contributed by atoms with Crippen LogP contribution in [-0.4, -0.2) is 20.6 Å². The first-order chi connectivity index (χ1) is 15.3. The van der Waals surface area contributed by atoms with Gasteiger partial charge in [0.2, 0.25) is 11.7 Å². The Morgan fingerprint density at radius 1 is 1.00 bits per heavy atom. The highest BCUT2D eigenvalue weighted by atomic mass is 16.5. The number of aryl methyl sites for hydroxylation is 4. The van der Waals surface area contributed by atoms with Gasteiger partial charge in [-0.05, 0) is 51.0 Å². The minimum Gasteiger partial charge on any atom is -0.333 e. The number of carbonyl (C=O) groups is 1. The lowest BCUT2D eigenvalue weighted by Gasteiger charge is -2.14. The lowest BCUT2D eigenvalue weighted by atomic mass is 10.1. The minimum absolute atomic E-state index is 0.120. The Kier molecular flexibility index (Phi) is 5.73. The predicted octanol–water partition coefficient (Wildman–Crippen LogP) is 4.44. The van der Waals surface area contributed by atoms with Crippen LogP contribution >= 0.6 is 0 Å². The van der Waals surface area contributed by atoms with Crippen LogP contribution in [0.3, 0.4) is 0 Å². The zero-order valence-corrected chi connectivity index (χ0v) is 18.5. The Labute approximate surface area is 185 Å². The molecule has 0 aliphatic rings. The van der Waals surface area contributed by atoms with Gasteiger partial charge in [0.25, 0.3) is 11.4 Å². The van der Waals surface area contributed by atoms with E-state index in [1.807, 2.05) is 75.4 Å². The standard InChI is InChI=1S/C25H24N4O3/c1-15-10-11-20(16(2)12-15)26-21(30)14-29-18(4)13-17(3)22(25(29)31)24-27-23(28-32-24)19-8-6-5-7-9-19/h5-13H,14H2,1-4H3,(H,26,30). The van der Waals surface area contributed by atoms with E-state index in [9.17, 15) is 9.59 Å². The quantitative estimate of drug-likeness (QED) is 0.508. The molecule has 0 spiro atoms. The highest BCUT2D eigenvalue weighted by molar-refractivity contribution is 5.91. The van der Waals surface area contributed by atoms with Gasteiger partial charge < -0.3 is 14.4 Å². The van der Waals surface area contributed by atoms with Crippen LogP contribution in [0.5, 0.6) is 0 Å². The van der Waals surface area contributed by atoms with Gasteiger partial charge in [-0.15, -0.1) is 0 Å². The van der Waals surface area contributed by atoms with E-state index in [0.717, 1.165) is 22.4 Å². The SMILES string of the molecule is Cc1ccc(NC(=O)Cn2c(C)cc(C)c(-c3nc(-c4ccccc4)no3)c2=O)c(C)c1. The van der Waals surface area contributed by atoms with Crippen molar-refractivity contribution < 1.29 is 9.32 Å². The average molecular weight is 428 g/mol. The second-order valence-electron chi connectivity index (χ2n) is 7.89. The summed E-state index contributed by atoms with van der Waals surface area (Å²) >= 11 is 0. The van der Waals surface area contributed by atoms with E-state index >= 15 is 0 Å². The lowest BCUT2D eigenvalue weighted by Crippen LogP contribution is -2.30. The number of aromatic nitrogens is 3. The summed E-state index contributed by atoms with van der Waals surface area (Å²) in [5.41, 5.74) is 4.93. The van der Waals surface area contributed by atoms with Gasteiger partial charge in [0.05, 0.1) is 0 Å². The molecule has 0 aliphatic heterocycles. The summed E-state index contributed by atoms with van der Waals surface area (Å²) in [4.78, 5) is 30.5. The van der Waals surface area contributed by atoms with Gasteiger partial charge >= 0.3 is 0 Å². The number of hydrogen-bond donors (Lipinski definition) is 1. The van der Waals surface area contributed by atoms with Crippen LogP contribution in [0, 0.1) is 27.7 Å². The number of amides is 1. The number of pyridine rings is 1. The normalized spacial score (nSPS) is 10.9. The molecule has 0 atom stereocenters. The predicted molar refractivity (Wildman–Crippen MR) is 123 cm³/mol. The molecule has 0 fully saturated rings. The Morgan fingerprint density at radius 3 is 2.47 bits per heavy atom. The van der Waals surface area contributed by atoms with Crippen molar-refractivity contribution in [1.82, 2.24) is 14.7 Å². The van der Waals surface area contributed by atoms with Crippen molar-refractivity contribution >= 4 is 11.6 Å². The van der Waals surface area contributed by atoms with Crippen molar-refractivity contribution in [3.8, 4) is 22.8 Å². The number of benzene rings is 2. The van der Waals surface area contributed by atoms with Crippen molar-refractivity contribution in [3.63, 3.8) is 0 Å². The maximum Gasteiger partial charge on any atom is 0.264 e. The zero-order chi connectivity index (χ0) is 22.8. The molecule has 2 aromatic carbocycles. The summed E-state index contributed by atoms with van der Waals surface area (Å²) in [7, 11) is 0. The number of hydrogen-bond acceptors (Lipinski definition) is 5. The number of nitrogens with zero attached hydrogens (tertiary/aromatic N) is 3. The van der Waals surface area contributed by atoms with E-state index < -0.39 is 0 Å².